The lowest BCUT2D eigenvalue weighted by atomic mass is 9.87. The molecule has 0 aromatic carbocycles. The van der Waals surface area contributed by atoms with E-state index in [1.165, 1.54) is 32.1 Å². The molecule has 0 bridgehead atoms. The van der Waals surface area contributed by atoms with E-state index in [0.717, 1.165) is 32.1 Å². The number of unbranched alkanes of at least 4 members (excludes halogenated alkanes) is 5. The second-order valence-corrected chi connectivity index (χ2v) is 6.33. The number of rotatable bonds is 15. The van der Waals surface area contributed by atoms with Crippen LogP contribution in [0.4, 0.5) is 0 Å². The highest BCUT2D eigenvalue weighted by molar-refractivity contribution is 4.90. The minimum atomic E-state index is -1.14. The summed E-state index contributed by atoms with van der Waals surface area (Å²) in [5, 5.41) is 0. The van der Waals surface area contributed by atoms with Crippen LogP contribution in [0.1, 0.15) is 85.0 Å². The van der Waals surface area contributed by atoms with Crippen LogP contribution in [-0.4, -0.2) is 40.0 Å². The first-order valence-electron chi connectivity index (χ1n) is 9.84. The van der Waals surface area contributed by atoms with Crippen molar-refractivity contribution in [3.8, 4) is 0 Å². The molecule has 1 atom stereocenters. The van der Waals surface area contributed by atoms with Crippen LogP contribution in [0.3, 0.4) is 0 Å². The number of methoxy groups -OCH3 is 4. The van der Waals surface area contributed by atoms with Gasteiger partial charge in [-0.05, 0) is 19.3 Å². The first-order valence-corrected chi connectivity index (χ1v) is 9.84. The molecule has 0 aromatic rings. The Labute approximate surface area is 157 Å². The first-order chi connectivity index (χ1) is 12.0. The van der Waals surface area contributed by atoms with Crippen molar-refractivity contribution in [3.05, 3.63) is 12.7 Å². The van der Waals surface area contributed by atoms with Crippen molar-refractivity contribution < 1.29 is 18.9 Å². The van der Waals surface area contributed by atoms with Crippen LogP contribution in [0.5, 0.6) is 0 Å². The van der Waals surface area contributed by atoms with E-state index in [1.54, 1.807) is 28.4 Å². The molecule has 0 aromatic heterocycles. The second kappa shape index (κ2) is 17.0. The van der Waals surface area contributed by atoms with Gasteiger partial charge in [0.1, 0.15) is 5.60 Å². The Hall–Kier alpha value is -0.420. The Morgan fingerprint density at radius 2 is 1.16 bits per heavy atom. The lowest BCUT2D eigenvalue weighted by molar-refractivity contribution is -0.425. The summed E-state index contributed by atoms with van der Waals surface area (Å²) in [4.78, 5) is 0. The molecule has 0 N–H and O–H groups in total. The highest BCUT2D eigenvalue weighted by Gasteiger charge is 2.53. The summed E-state index contributed by atoms with van der Waals surface area (Å²) in [5.41, 5.74) is -0.565. The zero-order valence-electron chi connectivity index (χ0n) is 18.0. The molecular formula is C21H44O4. The van der Waals surface area contributed by atoms with Gasteiger partial charge in [-0.1, -0.05) is 71.8 Å². The maximum Gasteiger partial charge on any atom is 0.313 e. The van der Waals surface area contributed by atoms with Crippen molar-refractivity contribution in [1.29, 1.82) is 0 Å². The minimum Gasteiger partial charge on any atom is -0.370 e. The lowest BCUT2D eigenvalue weighted by Gasteiger charge is -2.45. The average Bonchev–Trinajstić information content (AvgIpc) is 2.66. The van der Waals surface area contributed by atoms with E-state index in [4.69, 9.17) is 18.9 Å². The van der Waals surface area contributed by atoms with Gasteiger partial charge in [-0.25, -0.2) is 0 Å². The van der Waals surface area contributed by atoms with E-state index >= 15 is 0 Å². The summed E-state index contributed by atoms with van der Waals surface area (Å²) in [6, 6.07) is 0. The van der Waals surface area contributed by atoms with Gasteiger partial charge in [-0.15, -0.1) is 6.58 Å². The fraction of sp³-hybridized carbons (Fsp3) is 0.905. The Bertz CT molecular complexity index is 281. The van der Waals surface area contributed by atoms with E-state index in [2.05, 4.69) is 27.4 Å². The zero-order valence-corrected chi connectivity index (χ0v) is 18.0. The van der Waals surface area contributed by atoms with Crippen molar-refractivity contribution in [1.82, 2.24) is 0 Å². The molecule has 1 unspecified atom stereocenters. The fourth-order valence-electron chi connectivity index (χ4n) is 3.16. The molecule has 152 valence electrons. The Morgan fingerprint density at radius 3 is 1.52 bits per heavy atom. The highest BCUT2D eigenvalue weighted by atomic mass is 16.9. The predicted molar refractivity (Wildman–Crippen MR) is 107 cm³/mol. The summed E-state index contributed by atoms with van der Waals surface area (Å²) in [5.74, 6) is -1.14. The van der Waals surface area contributed by atoms with Crippen molar-refractivity contribution in [3.63, 3.8) is 0 Å². The monoisotopic (exact) mass is 360 g/mol. The van der Waals surface area contributed by atoms with E-state index in [9.17, 15) is 0 Å². The molecule has 0 spiro atoms. The van der Waals surface area contributed by atoms with Crippen molar-refractivity contribution in [2.75, 3.05) is 28.4 Å². The summed E-state index contributed by atoms with van der Waals surface area (Å²) >= 11 is 0. The lowest BCUT2D eigenvalue weighted by Crippen LogP contribution is -2.59. The quantitative estimate of drug-likeness (QED) is 0.201. The third-order valence-corrected chi connectivity index (χ3v) is 4.63. The van der Waals surface area contributed by atoms with Gasteiger partial charge in [0.2, 0.25) is 0 Å². The smallest absolute Gasteiger partial charge is 0.313 e. The van der Waals surface area contributed by atoms with Gasteiger partial charge in [0.15, 0.2) is 0 Å². The number of allylic oxidation sites excluding steroid dienone is 1. The van der Waals surface area contributed by atoms with Gasteiger partial charge < -0.3 is 18.9 Å². The third kappa shape index (κ3) is 9.18. The molecule has 0 fully saturated rings. The highest BCUT2D eigenvalue weighted by Crippen LogP contribution is 2.39. The van der Waals surface area contributed by atoms with Gasteiger partial charge in [0.05, 0.1) is 0 Å². The minimum absolute atomic E-state index is 0.565. The topological polar surface area (TPSA) is 36.9 Å². The van der Waals surface area contributed by atoms with Gasteiger partial charge >= 0.3 is 5.97 Å². The van der Waals surface area contributed by atoms with Gasteiger partial charge in [0.25, 0.3) is 0 Å². The number of ether oxygens (including phenoxy) is 4. The molecule has 4 nitrogen and oxygen atoms in total. The zero-order chi connectivity index (χ0) is 19.6. The maximum absolute atomic E-state index is 5.87. The fourth-order valence-corrected chi connectivity index (χ4v) is 3.16. The largest absolute Gasteiger partial charge is 0.370 e. The Balaban J connectivity index is 0. The summed E-state index contributed by atoms with van der Waals surface area (Å²) in [6.07, 6.45) is 13.2. The molecule has 0 amide bonds. The summed E-state index contributed by atoms with van der Waals surface area (Å²) in [6.45, 7) is 9.92. The van der Waals surface area contributed by atoms with E-state index in [0.29, 0.717) is 0 Å². The van der Waals surface area contributed by atoms with Gasteiger partial charge in [-0.3, -0.25) is 0 Å². The molecule has 0 heterocycles. The maximum atomic E-state index is 5.87. The Morgan fingerprint density at radius 1 is 0.680 bits per heavy atom. The van der Waals surface area contributed by atoms with Crippen LogP contribution in [0, 0.1) is 0 Å². The van der Waals surface area contributed by atoms with Crippen LogP contribution >= 0.6 is 0 Å². The molecule has 0 saturated heterocycles. The van der Waals surface area contributed by atoms with Crippen LogP contribution in [0.25, 0.3) is 0 Å². The van der Waals surface area contributed by atoms with Crippen LogP contribution < -0.4 is 0 Å². The summed E-state index contributed by atoms with van der Waals surface area (Å²) < 4.78 is 22.6. The molecular weight excluding hydrogens is 316 g/mol. The molecule has 0 saturated carbocycles. The van der Waals surface area contributed by atoms with E-state index < -0.39 is 11.6 Å². The Kier molecular flexibility index (Phi) is 18.2. The van der Waals surface area contributed by atoms with Crippen LogP contribution in [0.15, 0.2) is 12.7 Å². The SMILES string of the molecule is C=CCC.CCCCCCCCC(CCC)(OC)C(OC)(OC)OC. The molecule has 25 heavy (non-hydrogen) atoms. The number of hydrogen-bond acceptors (Lipinski definition) is 4. The second-order valence-electron chi connectivity index (χ2n) is 6.33. The van der Waals surface area contributed by atoms with Crippen LogP contribution in [0.2, 0.25) is 0 Å². The van der Waals surface area contributed by atoms with Crippen molar-refractivity contribution >= 4 is 0 Å². The van der Waals surface area contributed by atoms with Gasteiger partial charge in [0, 0.05) is 28.4 Å². The molecule has 0 radical (unpaired) electrons. The standard InChI is InChI=1S/C17H36O4.C4H8/c1-7-9-10-11-12-13-15-16(18-3,14-8-2)17(19-4,20-5)21-6;1-3-4-2/h7-15H2,1-6H3;3H,1,4H2,2H3. The van der Waals surface area contributed by atoms with E-state index in [-0.39, 0.29) is 0 Å². The van der Waals surface area contributed by atoms with Crippen molar-refractivity contribution in [2.24, 2.45) is 0 Å². The molecule has 0 aliphatic heterocycles. The number of hydrogen-bond donors (Lipinski definition) is 0. The first kappa shape index (κ1) is 26.8. The predicted octanol–water partition coefficient (Wildman–Crippen LogP) is 6.10. The average molecular weight is 361 g/mol. The molecule has 0 aliphatic carbocycles. The molecule has 0 rings (SSSR count). The normalized spacial score (nSPS) is 13.7. The van der Waals surface area contributed by atoms with Crippen molar-refractivity contribution in [2.45, 2.75) is 96.6 Å². The summed E-state index contributed by atoms with van der Waals surface area (Å²) in [7, 11) is 6.55. The third-order valence-electron chi connectivity index (χ3n) is 4.63. The van der Waals surface area contributed by atoms with Crippen LogP contribution in [-0.2, 0) is 18.9 Å². The molecule has 4 heteroatoms. The molecule has 0 aliphatic rings. The van der Waals surface area contributed by atoms with E-state index in [1.807, 2.05) is 6.08 Å². The van der Waals surface area contributed by atoms with Gasteiger partial charge in [-0.2, -0.15) is 0 Å².